The van der Waals surface area contributed by atoms with Crippen LogP contribution in [0.25, 0.3) is 0 Å². The molecule has 0 aliphatic heterocycles. The highest BCUT2D eigenvalue weighted by atomic mass is 16.8. The van der Waals surface area contributed by atoms with E-state index in [1.807, 2.05) is 0 Å². The third-order valence-corrected chi connectivity index (χ3v) is 1.37. The summed E-state index contributed by atoms with van der Waals surface area (Å²) in [7, 11) is 0. The van der Waals surface area contributed by atoms with Crippen LogP contribution < -0.4 is 10.5 Å². The van der Waals surface area contributed by atoms with Crippen molar-refractivity contribution in [3.63, 3.8) is 0 Å². The molecule has 1 rings (SSSR count). The van der Waals surface area contributed by atoms with Gasteiger partial charge >= 0.3 is 5.97 Å². The maximum absolute atomic E-state index is 8.90. The lowest BCUT2D eigenvalue weighted by atomic mass is 10.3. The van der Waals surface area contributed by atoms with Crippen molar-refractivity contribution in [3.05, 3.63) is 24.3 Å². The van der Waals surface area contributed by atoms with Crippen molar-refractivity contribution < 1.29 is 20.1 Å². The predicted molar refractivity (Wildman–Crippen MR) is 45.7 cm³/mol. The topological polar surface area (TPSA) is 95.9 Å². The van der Waals surface area contributed by atoms with E-state index in [1.165, 1.54) is 12.1 Å². The largest absolute Gasteiger partial charge is 0.438 e. The summed E-state index contributed by atoms with van der Waals surface area (Å²) in [6.45, 7) is -0.905. The number of ether oxygens (including phenoxy) is 1. The molecule has 0 atom stereocenters. The molecule has 0 radical (unpaired) electrons. The average Bonchev–Trinajstić information content (AvgIpc) is 2.09. The van der Waals surface area contributed by atoms with Crippen molar-refractivity contribution in [2.45, 2.75) is 5.97 Å². The summed E-state index contributed by atoms with van der Waals surface area (Å²) in [5.41, 5.74) is 5.93. The van der Waals surface area contributed by atoms with Crippen LogP contribution in [0.5, 0.6) is 5.75 Å². The van der Waals surface area contributed by atoms with E-state index in [4.69, 9.17) is 21.1 Å². The number of hydrogen-bond acceptors (Lipinski definition) is 5. The summed E-state index contributed by atoms with van der Waals surface area (Å²) in [4.78, 5) is 0. The van der Waals surface area contributed by atoms with E-state index in [0.29, 0.717) is 5.69 Å². The second-order valence-corrected chi connectivity index (χ2v) is 2.57. The summed E-state index contributed by atoms with van der Waals surface area (Å²) in [5.74, 6) is -2.33. The minimum Gasteiger partial charge on any atom is -0.438 e. The summed E-state index contributed by atoms with van der Waals surface area (Å²) < 4.78 is 4.61. The number of nitrogen functional groups attached to an aromatic ring is 1. The van der Waals surface area contributed by atoms with Gasteiger partial charge in [0.1, 0.15) is 12.4 Å². The van der Waals surface area contributed by atoms with Crippen molar-refractivity contribution >= 4 is 5.69 Å². The van der Waals surface area contributed by atoms with Gasteiger partial charge in [-0.2, -0.15) is 0 Å². The van der Waals surface area contributed by atoms with Gasteiger partial charge < -0.3 is 25.8 Å². The van der Waals surface area contributed by atoms with Gasteiger partial charge in [-0.1, -0.05) is 0 Å². The Bertz CT molecular complexity index is 270. The van der Waals surface area contributed by atoms with Gasteiger partial charge in [0, 0.05) is 5.69 Å². The molecule has 0 fully saturated rings. The number of rotatable bonds is 3. The van der Waals surface area contributed by atoms with Crippen LogP contribution in [-0.2, 0) is 0 Å². The Kier molecular flexibility index (Phi) is 2.72. The Balaban J connectivity index is 2.69. The van der Waals surface area contributed by atoms with Crippen molar-refractivity contribution in [1.82, 2.24) is 0 Å². The lowest BCUT2D eigenvalue weighted by Crippen LogP contribution is -2.39. The fourth-order valence-corrected chi connectivity index (χ4v) is 0.757. The Labute approximate surface area is 75.0 Å². The first-order valence-corrected chi connectivity index (χ1v) is 3.64. The number of benzene rings is 1. The molecule has 1 aromatic carbocycles. The maximum atomic E-state index is 8.90. The SMILES string of the molecule is Nc1ccc(OC(O)(O)CO)cc1. The molecule has 13 heavy (non-hydrogen) atoms. The number of nitrogens with two attached hydrogens (primary N) is 1. The zero-order chi connectivity index (χ0) is 9.90. The maximum Gasteiger partial charge on any atom is 0.346 e. The summed E-state index contributed by atoms with van der Waals surface area (Å²) in [6.07, 6.45) is 0. The quantitative estimate of drug-likeness (QED) is 0.368. The molecule has 0 spiro atoms. The highest BCUT2D eigenvalue weighted by Gasteiger charge is 2.23. The van der Waals surface area contributed by atoms with Gasteiger partial charge in [0.2, 0.25) is 0 Å². The van der Waals surface area contributed by atoms with Gasteiger partial charge in [-0.15, -0.1) is 0 Å². The van der Waals surface area contributed by atoms with Crippen LogP contribution in [0.3, 0.4) is 0 Å². The lowest BCUT2D eigenvalue weighted by Gasteiger charge is -2.19. The molecular weight excluding hydrogens is 174 g/mol. The first-order chi connectivity index (χ1) is 6.03. The van der Waals surface area contributed by atoms with Crippen LogP contribution in [-0.4, -0.2) is 27.9 Å². The zero-order valence-corrected chi connectivity index (χ0v) is 6.84. The molecule has 0 aliphatic rings. The molecule has 5 N–H and O–H groups in total. The Morgan fingerprint density at radius 1 is 1.23 bits per heavy atom. The Hall–Kier alpha value is -1.30. The second-order valence-electron chi connectivity index (χ2n) is 2.57. The van der Waals surface area contributed by atoms with Crippen LogP contribution in [0, 0.1) is 0 Å². The van der Waals surface area contributed by atoms with Crippen LogP contribution in [0.1, 0.15) is 0 Å². The van der Waals surface area contributed by atoms with Gasteiger partial charge in [0.25, 0.3) is 0 Å². The van der Waals surface area contributed by atoms with Crippen LogP contribution in [0.2, 0.25) is 0 Å². The molecule has 1 aromatic rings. The molecule has 0 amide bonds. The van der Waals surface area contributed by atoms with Gasteiger partial charge in [-0.3, -0.25) is 0 Å². The number of aliphatic hydroxyl groups excluding tert-OH is 1. The summed E-state index contributed by atoms with van der Waals surface area (Å²) in [6, 6.07) is 6.02. The average molecular weight is 185 g/mol. The predicted octanol–water partition coefficient (Wildman–Crippen LogP) is -0.722. The molecule has 0 unspecified atom stereocenters. The Morgan fingerprint density at radius 2 is 1.77 bits per heavy atom. The molecule has 5 heteroatoms. The van der Waals surface area contributed by atoms with Gasteiger partial charge in [0.05, 0.1) is 0 Å². The molecule has 0 heterocycles. The van der Waals surface area contributed by atoms with E-state index in [-0.39, 0.29) is 5.75 Å². The van der Waals surface area contributed by atoms with Crippen molar-refractivity contribution in [3.8, 4) is 5.75 Å². The van der Waals surface area contributed by atoms with E-state index in [0.717, 1.165) is 0 Å². The second kappa shape index (κ2) is 3.61. The number of anilines is 1. The molecule has 72 valence electrons. The van der Waals surface area contributed by atoms with E-state index in [2.05, 4.69) is 4.74 Å². The smallest absolute Gasteiger partial charge is 0.346 e. The highest BCUT2D eigenvalue weighted by molar-refractivity contribution is 5.41. The lowest BCUT2D eigenvalue weighted by molar-refractivity contribution is -0.307. The van der Waals surface area contributed by atoms with Crippen LogP contribution in [0.4, 0.5) is 5.69 Å². The molecule has 0 saturated heterocycles. The van der Waals surface area contributed by atoms with Gasteiger partial charge in [-0.25, -0.2) is 0 Å². The van der Waals surface area contributed by atoms with Crippen LogP contribution >= 0.6 is 0 Å². The minimum atomic E-state index is -2.55. The molecule has 0 aromatic heterocycles. The standard InChI is InChI=1S/C8H11NO4/c9-6-1-3-7(4-2-6)13-8(11,12)5-10/h1-4,10-12H,5,9H2. The van der Waals surface area contributed by atoms with Crippen molar-refractivity contribution in [1.29, 1.82) is 0 Å². The van der Waals surface area contributed by atoms with E-state index >= 15 is 0 Å². The first kappa shape index (κ1) is 9.79. The number of aliphatic hydroxyl groups is 3. The van der Waals surface area contributed by atoms with Gasteiger partial charge in [0.15, 0.2) is 0 Å². The number of hydrogen-bond donors (Lipinski definition) is 4. The fraction of sp³-hybridized carbons (Fsp3) is 0.250. The normalized spacial score (nSPS) is 11.3. The Morgan fingerprint density at radius 3 is 2.23 bits per heavy atom. The molecule has 0 bridgehead atoms. The fourth-order valence-electron chi connectivity index (χ4n) is 0.757. The third kappa shape index (κ3) is 2.90. The van der Waals surface area contributed by atoms with Crippen molar-refractivity contribution in [2.24, 2.45) is 0 Å². The van der Waals surface area contributed by atoms with E-state index < -0.39 is 12.6 Å². The van der Waals surface area contributed by atoms with E-state index in [1.54, 1.807) is 12.1 Å². The van der Waals surface area contributed by atoms with Crippen LogP contribution in [0.15, 0.2) is 24.3 Å². The molecule has 0 aliphatic carbocycles. The molecule has 0 saturated carbocycles. The van der Waals surface area contributed by atoms with Gasteiger partial charge in [-0.05, 0) is 24.3 Å². The minimum absolute atomic E-state index is 0.216. The summed E-state index contributed by atoms with van der Waals surface area (Å²) >= 11 is 0. The summed E-state index contributed by atoms with van der Waals surface area (Å²) in [5, 5.41) is 26.3. The highest BCUT2D eigenvalue weighted by Crippen LogP contribution is 2.16. The molecular formula is C8H11NO4. The molecule has 5 nitrogen and oxygen atoms in total. The van der Waals surface area contributed by atoms with E-state index in [9.17, 15) is 0 Å². The zero-order valence-electron chi connectivity index (χ0n) is 6.84. The van der Waals surface area contributed by atoms with Crippen molar-refractivity contribution in [2.75, 3.05) is 12.3 Å². The third-order valence-electron chi connectivity index (χ3n) is 1.37. The first-order valence-electron chi connectivity index (χ1n) is 3.64. The monoisotopic (exact) mass is 185 g/mol.